The number of alkyl halides is 3. The zero-order valence-electron chi connectivity index (χ0n) is 12.4. The Hall–Kier alpha value is -1.96. The molecule has 2 fully saturated rings. The number of rotatable bonds is 3. The molecule has 0 aromatic heterocycles. The molecule has 1 unspecified atom stereocenters. The molecule has 0 spiro atoms. The lowest BCUT2D eigenvalue weighted by molar-refractivity contribution is -0.274. The van der Waals surface area contributed by atoms with E-state index in [1.165, 1.54) is 12.1 Å². The molecule has 0 saturated carbocycles. The van der Waals surface area contributed by atoms with Crippen LogP contribution in [0, 0.1) is 0 Å². The highest BCUT2D eigenvalue weighted by Gasteiger charge is 2.32. The molecule has 2 heterocycles. The molecule has 2 saturated heterocycles. The standard InChI is InChI=1S/C15H17F3N2O3/c16-15(17,18)23-13-3-1-11(2-4-13)19-5-7-20(8-6-19)12-9-14(21)22-10-12/h1-4,12H,5-10H2. The van der Waals surface area contributed by atoms with E-state index in [0.29, 0.717) is 13.0 Å². The van der Waals surface area contributed by atoms with E-state index in [9.17, 15) is 18.0 Å². The van der Waals surface area contributed by atoms with Crippen LogP contribution >= 0.6 is 0 Å². The van der Waals surface area contributed by atoms with Gasteiger partial charge in [0.25, 0.3) is 0 Å². The van der Waals surface area contributed by atoms with Crippen LogP contribution in [0.1, 0.15) is 6.42 Å². The molecule has 0 radical (unpaired) electrons. The fourth-order valence-corrected chi connectivity index (χ4v) is 2.94. The Kier molecular flexibility index (Phi) is 4.34. The third-order valence-corrected chi connectivity index (χ3v) is 4.11. The molecule has 8 heteroatoms. The van der Waals surface area contributed by atoms with Gasteiger partial charge in [-0.1, -0.05) is 0 Å². The second kappa shape index (κ2) is 6.27. The quantitative estimate of drug-likeness (QED) is 0.793. The summed E-state index contributed by atoms with van der Waals surface area (Å²) in [5, 5.41) is 0. The number of hydrogen-bond acceptors (Lipinski definition) is 5. The molecule has 3 rings (SSSR count). The number of esters is 1. The van der Waals surface area contributed by atoms with Crippen molar-refractivity contribution in [2.45, 2.75) is 18.8 Å². The van der Waals surface area contributed by atoms with Gasteiger partial charge in [0, 0.05) is 31.9 Å². The van der Waals surface area contributed by atoms with Crippen LogP contribution < -0.4 is 9.64 Å². The lowest BCUT2D eigenvalue weighted by Gasteiger charge is -2.38. The van der Waals surface area contributed by atoms with Gasteiger partial charge in [-0.25, -0.2) is 0 Å². The van der Waals surface area contributed by atoms with Crippen molar-refractivity contribution in [2.75, 3.05) is 37.7 Å². The lowest BCUT2D eigenvalue weighted by atomic mass is 10.1. The van der Waals surface area contributed by atoms with Gasteiger partial charge in [0.1, 0.15) is 12.4 Å². The van der Waals surface area contributed by atoms with Gasteiger partial charge in [-0.15, -0.1) is 13.2 Å². The van der Waals surface area contributed by atoms with Crippen molar-refractivity contribution in [3.05, 3.63) is 24.3 Å². The van der Waals surface area contributed by atoms with Crippen LogP contribution in [0.2, 0.25) is 0 Å². The first-order valence-electron chi connectivity index (χ1n) is 7.41. The summed E-state index contributed by atoms with van der Waals surface area (Å²) < 4.78 is 45.3. The van der Waals surface area contributed by atoms with Gasteiger partial charge >= 0.3 is 12.3 Å². The molecule has 1 atom stereocenters. The summed E-state index contributed by atoms with van der Waals surface area (Å²) in [6, 6.07) is 6.03. The van der Waals surface area contributed by atoms with Gasteiger partial charge < -0.3 is 14.4 Å². The van der Waals surface area contributed by atoms with Crippen molar-refractivity contribution >= 4 is 11.7 Å². The molecular formula is C15H17F3N2O3. The van der Waals surface area contributed by atoms with Crippen molar-refractivity contribution in [1.82, 2.24) is 4.90 Å². The van der Waals surface area contributed by atoms with Gasteiger partial charge in [-0.3, -0.25) is 9.69 Å². The van der Waals surface area contributed by atoms with Crippen LogP contribution in [0.25, 0.3) is 0 Å². The maximum Gasteiger partial charge on any atom is 0.573 e. The number of nitrogens with zero attached hydrogens (tertiary/aromatic N) is 2. The third kappa shape index (κ3) is 4.07. The number of carbonyl (C=O) groups excluding carboxylic acids is 1. The topological polar surface area (TPSA) is 42.0 Å². The summed E-state index contributed by atoms with van der Waals surface area (Å²) in [5.41, 5.74) is 0.859. The number of benzene rings is 1. The molecule has 1 aromatic carbocycles. The van der Waals surface area contributed by atoms with E-state index >= 15 is 0 Å². The zero-order chi connectivity index (χ0) is 16.4. The van der Waals surface area contributed by atoms with E-state index < -0.39 is 6.36 Å². The Morgan fingerprint density at radius 1 is 1.09 bits per heavy atom. The second-order valence-corrected chi connectivity index (χ2v) is 5.61. The Labute approximate surface area is 131 Å². The van der Waals surface area contributed by atoms with Crippen LogP contribution in [0.15, 0.2) is 24.3 Å². The van der Waals surface area contributed by atoms with Crippen LogP contribution in [0.5, 0.6) is 5.75 Å². The largest absolute Gasteiger partial charge is 0.573 e. The SMILES string of the molecule is O=C1CC(N2CCN(c3ccc(OC(F)(F)F)cc3)CC2)CO1. The van der Waals surface area contributed by atoms with Crippen molar-refractivity contribution in [1.29, 1.82) is 0 Å². The molecule has 126 valence electrons. The monoisotopic (exact) mass is 330 g/mol. The fraction of sp³-hybridized carbons (Fsp3) is 0.533. The number of hydrogen-bond donors (Lipinski definition) is 0. The first-order valence-corrected chi connectivity index (χ1v) is 7.41. The average Bonchev–Trinajstić information content (AvgIpc) is 2.93. The Morgan fingerprint density at radius 2 is 1.74 bits per heavy atom. The first kappa shape index (κ1) is 15.9. The second-order valence-electron chi connectivity index (χ2n) is 5.61. The maximum atomic E-state index is 12.1. The lowest BCUT2D eigenvalue weighted by Crippen LogP contribution is -2.50. The molecule has 0 N–H and O–H groups in total. The van der Waals surface area contributed by atoms with Crippen molar-refractivity contribution in [3.63, 3.8) is 0 Å². The summed E-state index contributed by atoms with van der Waals surface area (Å²) >= 11 is 0. The van der Waals surface area contributed by atoms with E-state index in [1.807, 2.05) is 0 Å². The molecule has 0 aliphatic carbocycles. The number of ether oxygens (including phenoxy) is 2. The highest BCUT2D eigenvalue weighted by molar-refractivity contribution is 5.72. The smallest absolute Gasteiger partial charge is 0.464 e. The fourth-order valence-electron chi connectivity index (χ4n) is 2.94. The van der Waals surface area contributed by atoms with E-state index in [2.05, 4.69) is 14.5 Å². The van der Waals surface area contributed by atoms with E-state index in [-0.39, 0.29) is 17.8 Å². The van der Waals surface area contributed by atoms with Crippen molar-refractivity contribution in [3.8, 4) is 5.75 Å². The Balaban J connectivity index is 1.54. The number of anilines is 1. The minimum Gasteiger partial charge on any atom is -0.464 e. The molecule has 0 bridgehead atoms. The summed E-state index contributed by atoms with van der Waals surface area (Å²) in [6.45, 7) is 3.54. The normalized spacial score (nSPS) is 23.0. The van der Waals surface area contributed by atoms with Crippen LogP contribution in [-0.4, -0.2) is 56.1 Å². The first-order chi connectivity index (χ1) is 10.9. The van der Waals surface area contributed by atoms with Gasteiger partial charge in [-0.2, -0.15) is 0 Å². The number of halogens is 3. The third-order valence-electron chi connectivity index (χ3n) is 4.11. The highest BCUT2D eigenvalue weighted by atomic mass is 19.4. The predicted octanol–water partition coefficient (Wildman–Crippen LogP) is 2.02. The molecule has 23 heavy (non-hydrogen) atoms. The minimum absolute atomic E-state index is 0.146. The van der Waals surface area contributed by atoms with Crippen molar-refractivity contribution < 1.29 is 27.4 Å². The highest BCUT2D eigenvalue weighted by Crippen LogP contribution is 2.26. The van der Waals surface area contributed by atoms with Gasteiger partial charge in [0.2, 0.25) is 0 Å². The van der Waals surface area contributed by atoms with E-state index in [4.69, 9.17) is 4.74 Å². The molecule has 2 aliphatic heterocycles. The van der Waals surface area contributed by atoms with Crippen LogP contribution in [0.4, 0.5) is 18.9 Å². The predicted molar refractivity (Wildman–Crippen MR) is 76.3 cm³/mol. The molecule has 5 nitrogen and oxygen atoms in total. The summed E-state index contributed by atoms with van der Waals surface area (Å²) in [5.74, 6) is -0.376. The van der Waals surface area contributed by atoms with Crippen LogP contribution in [0.3, 0.4) is 0 Å². The molecular weight excluding hydrogens is 313 g/mol. The maximum absolute atomic E-state index is 12.1. The van der Waals surface area contributed by atoms with Gasteiger partial charge in [-0.05, 0) is 24.3 Å². The molecule has 1 aromatic rings. The van der Waals surface area contributed by atoms with Crippen LogP contribution in [-0.2, 0) is 9.53 Å². The summed E-state index contributed by atoms with van der Waals surface area (Å²) in [4.78, 5) is 15.5. The van der Waals surface area contributed by atoms with Crippen molar-refractivity contribution in [2.24, 2.45) is 0 Å². The van der Waals surface area contributed by atoms with Gasteiger partial charge in [0.05, 0.1) is 12.5 Å². The summed E-state index contributed by atoms with van der Waals surface area (Å²) in [7, 11) is 0. The van der Waals surface area contributed by atoms with Gasteiger partial charge in [0.15, 0.2) is 0 Å². The Morgan fingerprint density at radius 3 is 2.26 bits per heavy atom. The zero-order valence-corrected chi connectivity index (χ0v) is 12.4. The number of cyclic esters (lactones) is 1. The molecule has 0 amide bonds. The number of carbonyl (C=O) groups is 1. The summed E-state index contributed by atoms with van der Waals surface area (Å²) in [6.07, 6.45) is -4.24. The number of piperazine rings is 1. The molecule has 2 aliphatic rings. The van der Waals surface area contributed by atoms with E-state index in [0.717, 1.165) is 31.9 Å². The average molecular weight is 330 g/mol. The minimum atomic E-state index is -4.67. The Bertz CT molecular complexity index is 554. The van der Waals surface area contributed by atoms with E-state index in [1.54, 1.807) is 12.1 Å².